The highest BCUT2D eigenvalue weighted by atomic mass is 32.2. The first kappa shape index (κ1) is 26.2. The topological polar surface area (TPSA) is 49.8 Å². The van der Waals surface area contributed by atoms with E-state index in [9.17, 15) is 36.2 Å². The van der Waals surface area contributed by atoms with Crippen molar-refractivity contribution in [3.8, 4) is 5.75 Å². The molecule has 1 heterocycles. The first-order chi connectivity index (χ1) is 15.9. The number of benzene rings is 2. The lowest BCUT2D eigenvalue weighted by Gasteiger charge is -2.36. The number of halogens is 6. The molecule has 2 aromatic carbocycles. The summed E-state index contributed by atoms with van der Waals surface area (Å²) in [5.74, 6) is 0.335. The molecule has 2 aromatic rings. The molecule has 1 N–H and O–H groups in total. The number of para-hydroxylation sites is 1. The normalized spacial score (nSPS) is 16.8. The van der Waals surface area contributed by atoms with Crippen molar-refractivity contribution < 1.29 is 41.0 Å². The number of carbonyl (C=O) groups excluding carboxylic acids is 1. The van der Waals surface area contributed by atoms with Crippen molar-refractivity contribution in [2.45, 2.75) is 54.3 Å². The maximum absolute atomic E-state index is 13.3. The first-order valence-corrected chi connectivity index (χ1v) is 11.4. The van der Waals surface area contributed by atoms with E-state index in [2.05, 4.69) is 0 Å². The summed E-state index contributed by atoms with van der Waals surface area (Å²) in [7, 11) is 0. The van der Waals surface area contributed by atoms with Crippen molar-refractivity contribution in [2.75, 3.05) is 18.1 Å². The lowest BCUT2D eigenvalue weighted by atomic mass is 9.92. The average Bonchev–Trinajstić information content (AvgIpc) is 2.79. The summed E-state index contributed by atoms with van der Waals surface area (Å²) in [6.45, 7) is 2.35. The molecule has 0 bridgehead atoms. The number of hydrogen-bond acceptors (Lipinski definition) is 4. The summed E-state index contributed by atoms with van der Waals surface area (Å²) < 4.78 is 85.4. The molecule has 0 spiro atoms. The third-order valence-corrected chi connectivity index (χ3v) is 6.87. The molecule has 0 aromatic heterocycles. The van der Waals surface area contributed by atoms with Gasteiger partial charge in [-0.15, -0.1) is 11.8 Å². The van der Waals surface area contributed by atoms with Crippen molar-refractivity contribution >= 4 is 23.4 Å². The SMILES string of the molecule is CC[C@H]1CN(C(=O)CCCOc2ccccc2)c2ccc(C(O)(C(F)(F)F)C(F)(F)F)cc2S1. The van der Waals surface area contributed by atoms with Gasteiger partial charge in [-0.1, -0.05) is 31.2 Å². The Labute approximate surface area is 196 Å². The van der Waals surface area contributed by atoms with E-state index in [0.29, 0.717) is 30.7 Å². The van der Waals surface area contributed by atoms with E-state index in [1.54, 1.807) is 24.3 Å². The van der Waals surface area contributed by atoms with E-state index in [0.717, 1.165) is 17.8 Å². The minimum absolute atomic E-state index is 0.0800. The Kier molecular flexibility index (Phi) is 7.76. The molecule has 0 saturated heterocycles. The van der Waals surface area contributed by atoms with Crippen LogP contribution in [0.15, 0.2) is 53.4 Å². The largest absolute Gasteiger partial charge is 0.494 e. The smallest absolute Gasteiger partial charge is 0.430 e. The van der Waals surface area contributed by atoms with Gasteiger partial charge in [0.05, 0.1) is 12.3 Å². The van der Waals surface area contributed by atoms with Crippen LogP contribution < -0.4 is 9.64 Å². The van der Waals surface area contributed by atoms with Crippen molar-refractivity contribution in [3.05, 3.63) is 54.1 Å². The fraction of sp³-hybridized carbons (Fsp3) is 0.435. The quantitative estimate of drug-likeness (QED) is 0.365. The molecule has 186 valence electrons. The zero-order valence-corrected chi connectivity index (χ0v) is 18.9. The third kappa shape index (κ3) is 5.30. The fourth-order valence-electron chi connectivity index (χ4n) is 3.58. The molecule has 1 aliphatic rings. The zero-order valence-electron chi connectivity index (χ0n) is 18.1. The van der Waals surface area contributed by atoms with Crippen LogP contribution in [0.4, 0.5) is 32.0 Å². The summed E-state index contributed by atoms with van der Waals surface area (Å²) >= 11 is 1.09. The molecule has 0 fully saturated rings. The first-order valence-electron chi connectivity index (χ1n) is 10.5. The summed E-state index contributed by atoms with van der Waals surface area (Å²) in [5.41, 5.74) is -6.13. The van der Waals surface area contributed by atoms with Crippen LogP contribution in [0.3, 0.4) is 0 Å². The molecule has 0 radical (unpaired) electrons. The van der Waals surface area contributed by atoms with Gasteiger partial charge in [0.2, 0.25) is 5.91 Å². The minimum atomic E-state index is -5.97. The minimum Gasteiger partial charge on any atom is -0.494 e. The number of anilines is 1. The van der Waals surface area contributed by atoms with Gasteiger partial charge in [-0.2, -0.15) is 26.3 Å². The number of alkyl halides is 6. The van der Waals surface area contributed by atoms with E-state index in [1.165, 1.54) is 4.90 Å². The van der Waals surface area contributed by atoms with Crippen molar-refractivity contribution in [2.24, 2.45) is 0 Å². The molecule has 4 nitrogen and oxygen atoms in total. The number of fused-ring (bicyclic) bond motifs is 1. The second kappa shape index (κ2) is 10.1. The van der Waals surface area contributed by atoms with Crippen LogP contribution in [0.1, 0.15) is 31.7 Å². The number of ether oxygens (including phenoxy) is 1. The van der Waals surface area contributed by atoms with Gasteiger partial charge in [0.15, 0.2) is 0 Å². The monoisotopic (exact) mass is 507 g/mol. The maximum atomic E-state index is 13.3. The highest BCUT2D eigenvalue weighted by Gasteiger charge is 2.71. The fourth-order valence-corrected chi connectivity index (χ4v) is 4.82. The molecule has 1 atom stereocenters. The molecule has 3 rings (SSSR count). The van der Waals surface area contributed by atoms with Crippen molar-refractivity contribution in [3.63, 3.8) is 0 Å². The predicted molar refractivity (Wildman–Crippen MR) is 116 cm³/mol. The van der Waals surface area contributed by atoms with Crippen LogP contribution in [-0.2, 0) is 10.4 Å². The van der Waals surface area contributed by atoms with Crippen LogP contribution in [0.25, 0.3) is 0 Å². The molecule has 1 aliphatic heterocycles. The Hall–Kier alpha value is -2.40. The highest BCUT2D eigenvalue weighted by molar-refractivity contribution is 8.00. The van der Waals surface area contributed by atoms with Crippen LogP contribution in [0.2, 0.25) is 0 Å². The van der Waals surface area contributed by atoms with Crippen molar-refractivity contribution in [1.82, 2.24) is 0 Å². The molecule has 0 aliphatic carbocycles. The van der Waals surface area contributed by atoms with E-state index >= 15 is 0 Å². The van der Waals surface area contributed by atoms with Gasteiger partial charge in [0, 0.05) is 28.7 Å². The Bertz CT molecular complexity index is 982. The van der Waals surface area contributed by atoms with E-state index in [4.69, 9.17) is 4.74 Å². The Morgan fingerprint density at radius 1 is 1.09 bits per heavy atom. The van der Waals surface area contributed by atoms with Crippen LogP contribution in [-0.4, -0.2) is 41.8 Å². The second-order valence-corrected chi connectivity index (χ2v) is 9.15. The number of aliphatic hydroxyl groups is 1. The number of carbonyl (C=O) groups is 1. The highest BCUT2D eigenvalue weighted by Crippen LogP contribution is 2.52. The van der Waals surface area contributed by atoms with Crippen molar-refractivity contribution in [1.29, 1.82) is 0 Å². The lowest BCUT2D eigenvalue weighted by molar-refractivity contribution is -0.376. The van der Waals surface area contributed by atoms with Crippen LogP contribution in [0.5, 0.6) is 5.75 Å². The van der Waals surface area contributed by atoms with Gasteiger partial charge in [0.25, 0.3) is 5.60 Å². The molecular weight excluding hydrogens is 484 g/mol. The standard InChI is InChI=1S/C23H23F6NO3S/c1-2-17-14-30(20(31)9-6-12-33-16-7-4-3-5-8-16)18-11-10-15(13-19(18)34-17)21(32,22(24,25)26)23(27,28)29/h3-5,7-8,10-11,13,17,32H,2,6,9,12,14H2,1H3/t17-/m0/s1. The van der Waals surface area contributed by atoms with E-state index in [-0.39, 0.29) is 41.3 Å². The predicted octanol–water partition coefficient (Wildman–Crippen LogP) is 6.08. The van der Waals surface area contributed by atoms with Gasteiger partial charge in [-0.25, -0.2) is 0 Å². The molecule has 11 heteroatoms. The number of thioether (sulfide) groups is 1. The number of nitrogens with zero attached hydrogens (tertiary/aromatic N) is 1. The van der Waals surface area contributed by atoms with Gasteiger partial charge < -0.3 is 14.7 Å². The van der Waals surface area contributed by atoms with E-state index < -0.39 is 23.5 Å². The Morgan fingerprint density at radius 3 is 2.32 bits per heavy atom. The van der Waals surface area contributed by atoms with Gasteiger partial charge >= 0.3 is 12.4 Å². The van der Waals surface area contributed by atoms with Gasteiger partial charge in [0.1, 0.15) is 5.75 Å². The summed E-state index contributed by atoms with van der Waals surface area (Å²) in [6.07, 6.45) is -10.9. The van der Waals surface area contributed by atoms with Gasteiger partial charge in [-0.05, 0) is 37.1 Å². The lowest BCUT2D eigenvalue weighted by Crippen LogP contribution is -2.54. The molecular formula is C23H23F6NO3S. The molecule has 0 unspecified atom stereocenters. The second-order valence-electron chi connectivity index (χ2n) is 7.81. The van der Waals surface area contributed by atoms with Crippen LogP contribution >= 0.6 is 11.8 Å². The number of amides is 1. The maximum Gasteiger partial charge on any atom is 0.430 e. The summed E-state index contributed by atoms with van der Waals surface area (Å²) in [6, 6.07) is 11.3. The molecule has 34 heavy (non-hydrogen) atoms. The molecule has 1 amide bonds. The average molecular weight is 507 g/mol. The van der Waals surface area contributed by atoms with Crippen LogP contribution in [0, 0.1) is 0 Å². The molecule has 0 saturated carbocycles. The van der Waals surface area contributed by atoms with E-state index in [1.807, 2.05) is 13.0 Å². The summed E-state index contributed by atoms with van der Waals surface area (Å²) in [5, 5.41) is 9.51. The van der Waals surface area contributed by atoms with Gasteiger partial charge in [-0.3, -0.25) is 4.79 Å². The Balaban J connectivity index is 1.81. The summed E-state index contributed by atoms with van der Waals surface area (Å²) in [4.78, 5) is 14.3. The third-order valence-electron chi connectivity index (χ3n) is 5.47. The number of rotatable bonds is 7. The Morgan fingerprint density at radius 2 is 1.74 bits per heavy atom. The number of hydrogen-bond donors (Lipinski definition) is 1. The zero-order chi connectivity index (χ0) is 25.1.